The van der Waals surface area contributed by atoms with Crippen molar-refractivity contribution in [1.82, 2.24) is 0 Å². The molecule has 0 unspecified atom stereocenters. The molecule has 4 heteroatoms. The lowest BCUT2D eigenvalue weighted by molar-refractivity contribution is 1.40. The van der Waals surface area contributed by atoms with Crippen LogP contribution >= 0.6 is 23.4 Å². The zero-order valence-electron chi connectivity index (χ0n) is 5.75. The minimum absolute atomic E-state index is 0.460. The first-order chi connectivity index (χ1) is 4.81. The first-order valence-electron chi connectivity index (χ1n) is 2.62. The molecule has 0 bridgehead atoms. The number of halogens is 1. The van der Waals surface area contributed by atoms with Gasteiger partial charge >= 0.3 is 0 Å². The summed E-state index contributed by atoms with van der Waals surface area (Å²) in [5.74, 6) is 0.681. The number of hydrogen-bond donors (Lipinski definition) is 0. The lowest BCUT2D eigenvalue weighted by atomic mass is 10.6. The molecule has 0 aliphatic carbocycles. The number of thioether (sulfide) groups is 1. The van der Waals surface area contributed by atoms with Gasteiger partial charge in [0.1, 0.15) is 5.17 Å². The van der Waals surface area contributed by atoms with Gasteiger partial charge in [-0.1, -0.05) is 11.6 Å². The van der Waals surface area contributed by atoms with Crippen molar-refractivity contribution in [3.05, 3.63) is 12.3 Å². The molecule has 0 aliphatic heterocycles. The molecule has 10 heavy (non-hydrogen) atoms. The molecule has 0 atom stereocenters. The molecule has 0 aromatic carbocycles. The maximum absolute atomic E-state index is 5.60. The van der Waals surface area contributed by atoms with E-state index in [-0.39, 0.29) is 0 Å². The molecule has 0 aromatic rings. The fourth-order valence-electron chi connectivity index (χ4n) is 0.293. The van der Waals surface area contributed by atoms with Crippen molar-refractivity contribution < 1.29 is 0 Å². The molecule has 0 rings (SSSR count). The SMILES string of the molecule is C=N/C=C\C(Cl)=N/CSC. The van der Waals surface area contributed by atoms with Gasteiger partial charge in [-0.3, -0.25) is 9.98 Å². The molecule has 0 radical (unpaired) electrons. The minimum atomic E-state index is 0.460. The lowest BCUT2D eigenvalue weighted by Gasteiger charge is -1.86. The van der Waals surface area contributed by atoms with Crippen LogP contribution < -0.4 is 0 Å². The van der Waals surface area contributed by atoms with Gasteiger partial charge in [-0.2, -0.15) is 0 Å². The van der Waals surface area contributed by atoms with E-state index in [9.17, 15) is 0 Å². The van der Waals surface area contributed by atoms with Crippen molar-refractivity contribution >= 4 is 35.3 Å². The fraction of sp³-hybridized carbons (Fsp3) is 0.333. The number of allylic oxidation sites excluding steroid dienone is 1. The van der Waals surface area contributed by atoms with Gasteiger partial charge in [-0.05, 0) is 19.0 Å². The Balaban J connectivity index is 3.69. The molecular formula is C6H9ClN2S. The summed E-state index contributed by atoms with van der Waals surface area (Å²) in [6.45, 7) is 3.26. The van der Waals surface area contributed by atoms with Crippen molar-refractivity contribution in [3.63, 3.8) is 0 Å². The monoisotopic (exact) mass is 176 g/mol. The lowest BCUT2D eigenvalue weighted by Crippen LogP contribution is -1.80. The van der Waals surface area contributed by atoms with Gasteiger partial charge in [0.05, 0.1) is 5.88 Å². The van der Waals surface area contributed by atoms with Gasteiger partial charge in [0, 0.05) is 6.20 Å². The summed E-state index contributed by atoms with van der Waals surface area (Å²) in [5, 5.41) is 0.460. The van der Waals surface area contributed by atoms with E-state index in [2.05, 4.69) is 16.7 Å². The van der Waals surface area contributed by atoms with Gasteiger partial charge in [0.2, 0.25) is 0 Å². The third-order valence-electron chi connectivity index (χ3n) is 0.662. The highest BCUT2D eigenvalue weighted by Crippen LogP contribution is 1.95. The Hall–Kier alpha value is -0.280. The molecule has 0 saturated heterocycles. The van der Waals surface area contributed by atoms with E-state index >= 15 is 0 Å². The molecular weight excluding hydrogens is 168 g/mol. The van der Waals surface area contributed by atoms with Gasteiger partial charge in [0.15, 0.2) is 0 Å². The van der Waals surface area contributed by atoms with Crippen molar-refractivity contribution in [2.24, 2.45) is 9.98 Å². The molecule has 0 fully saturated rings. The summed E-state index contributed by atoms with van der Waals surface area (Å²) in [4.78, 5) is 7.43. The van der Waals surface area contributed by atoms with E-state index in [1.165, 1.54) is 6.20 Å². The molecule has 0 heterocycles. The first-order valence-corrected chi connectivity index (χ1v) is 4.39. The quantitative estimate of drug-likeness (QED) is 0.603. The van der Waals surface area contributed by atoms with Crippen LogP contribution in [0.4, 0.5) is 0 Å². The van der Waals surface area contributed by atoms with Crippen LogP contribution in [-0.2, 0) is 0 Å². The van der Waals surface area contributed by atoms with Gasteiger partial charge in [-0.15, -0.1) is 11.8 Å². The smallest absolute Gasteiger partial charge is 0.126 e. The number of nitrogens with zero attached hydrogens (tertiary/aromatic N) is 2. The summed E-state index contributed by atoms with van der Waals surface area (Å²) in [6.07, 6.45) is 5.07. The van der Waals surface area contributed by atoms with E-state index in [0.717, 1.165) is 0 Å². The van der Waals surface area contributed by atoms with Crippen molar-refractivity contribution in [1.29, 1.82) is 0 Å². The zero-order valence-corrected chi connectivity index (χ0v) is 7.32. The molecule has 0 aliphatic rings. The summed E-state index contributed by atoms with van der Waals surface area (Å²) in [7, 11) is 0. The summed E-state index contributed by atoms with van der Waals surface area (Å²) < 4.78 is 0. The zero-order chi connectivity index (χ0) is 7.82. The maximum Gasteiger partial charge on any atom is 0.126 e. The van der Waals surface area contributed by atoms with Crippen LogP contribution in [-0.4, -0.2) is 24.0 Å². The van der Waals surface area contributed by atoms with E-state index in [0.29, 0.717) is 11.0 Å². The Morgan fingerprint density at radius 2 is 2.50 bits per heavy atom. The third kappa shape index (κ3) is 5.85. The summed E-state index contributed by atoms with van der Waals surface area (Å²) in [5.41, 5.74) is 0. The molecule has 0 aromatic heterocycles. The largest absolute Gasteiger partial charge is 0.272 e. The standard InChI is InChI=1S/C6H9ClN2S/c1-8-4-3-6(7)9-5-10-2/h3-4H,1,5H2,2H3/b4-3-,9-6+. The molecule has 0 saturated carbocycles. The molecule has 0 spiro atoms. The van der Waals surface area contributed by atoms with Crippen LogP contribution in [0, 0.1) is 0 Å². The molecule has 0 amide bonds. The Labute approximate surface area is 70.1 Å². The van der Waals surface area contributed by atoms with Crippen LogP contribution in [0.15, 0.2) is 22.3 Å². The van der Waals surface area contributed by atoms with Crippen molar-refractivity contribution in [2.75, 3.05) is 12.1 Å². The Morgan fingerprint density at radius 1 is 1.80 bits per heavy atom. The fourth-order valence-corrected chi connectivity index (χ4v) is 0.748. The predicted molar refractivity (Wildman–Crippen MR) is 50.4 cm³/mol. The minimum Gasteiger partial charge on any atom is -0.272 e. The highest BCUT2D eigenvalue weighted by atomic mass is 35.5. The summed E-state index contributed by atoms with van der Waals surface area (Å²) >= 11 is 7.21. The van der Waals surface area contributed by atoms with Crippen LogP contribution in [0.2, 0.25) is 0 Å². The maximum atomic E-state index is 5.60. The third-order valence-corrected chi connectivity index (χ3v) is 1.29. The average Bonchev–Trinajstić information content (AvgIpc) is 1.97. The topological polar surface area (TPSA) is 24.7 Å². The Kier molecular flexibility index (Phi) is 6.64. The molecule has 0 N–H and O–H groups in total. The number of hydrogen-bond acceptors (Lipinski definition) is 3. The number of rotatable bonds is 4. The van der Waals surface area contributed by atoms with E-state index in [4.69, 9.17) is 11.6 Å². The second-order valence-electron chi connectivity index (χ2n) is 1.40. The average molecular weight is 177 g/mol. The highest BCUT2D eigenvalue weighted by molar-refractivity contribution is 7.98. The second-order valence-corrected chi connectivity index (χ2v) is 2.62. The van der Waals surface area contributed by atoms with Crippen molar-refractivity contribution in [2.45, 2.75) is 0 Å². The van der Waals surface area contributed by atoms with Crippen LogP contribution in [0.3, 0.4) is 0 Å². The second kappa shape index (κ2) is 6.83. The Morgan fingerprint density at radius 3 is 3.00 bits per heavy atom. The normalized spacial score (nSPS) is 12.4. The van der Waals surface area contributed by atoms with E-state index < -0.39 is 0 Å². The van der Waals surface area contributed by atoms with Crippen LogP contribution in [0.1, 0.15) is 0 Å². The first kappa shape index (κ1) is 9.72. The highest BCUT2D eigenvalue weighted by Gasteiger charge is 1.82. The van der Waals surface area contributed by atoms with Crippen molar-refractivity contribution in [3.8, 4) is 0 Å². The van der Waals surface area contributed by atoms with E-state index in [1.54, 1.807) is 17.8 Å². The van der Waals surface area contributed by atoms with Gasteiger partial charge in [-0.25, -0.2) is 0 Å². The molecule has 56 valence electrons. The molecule has 2 nitrogen and oxygen atoms in total. The predicted octanol–water partition coefficient (Wildman–Crippen LogP) is 2.16. The van der Waals surface area contributed by atoms with E-state index in [1.807, 2.05) is 6.26 Å². The van der Waals surface area contributed by atoms with Crippen LogP contribution in [0.5, 0.6) is 0 Å². The summed E-state index contributed by atoms with van der Waals surface area (Å²) in [6, 6.07) is 0. The van der Waals surface area contributed by atoms with Crippen LogP contribution in [0.25, 0.3) is 0 Å². The van der Waals surface area contributed by atoms with Gasteiger partial charge < -0.3 is 0 Å². The number of aliphatic imine (C=N–C) groups is 2. The van der Waals surface area contributed by atoms with Gasteiger partial charge in [0.25, 0.3) is 0 Å². The Bertz CT molecular complexity index is 154.